The zero-order valence-corrected chi connectivity index (χ0v) is 5.79. The largest absolute Gasteiger partial charge is 0.396 e. The SMILES string of the molecule is Cn1[nH]c(=O)cc1CCO. The Bertz CT molecular complexity index is 261. The molecule has 1 aromatic heterocycles. The van der Waals surface area contributed by atoms with Gasteiger partial charge in [-0.15, -0.1) is 0 Å². The molecule has 4 nitrogen and oxygen atoms in total. The van der Waals surface area contributed by atoms with Crippen molar-refractivity contribution in [2.75, 3.05) is 6.61 Å². The maximum absolute atomic E-state index is 10.6. The summed E-state index contributed by atoms with van der Waals surface area (Å²) >= 11 is 0. The van der Waals surface area contributed by atoms with Gasteiger partial charge in [0.25, 0.3) is 5.56 Å². The Kier molecular flexibility index (Phi) is 1.91. The molecule has 1 rings (SSSR count). The first-order chi connectivity index (χ1) is 4.74. The van der Waals surface area contributed by atoms with E-state index in [0.29, 0.717) is 6.42 Å². The number of aromatic amines is 1. The highest BCUT2D eigenvalue weighted by Gasteiger charge is 1.97. The van der Waals surface area contributed by atoms with E-state index in [-0.39, 0.29) is 12.2 Å². The van der Waals surface area contributed by atoms with Crippen LogP contribution in [0.4, 0.5) is 0 Å². The first kappa shape index (κ1) is 7.08. The number of aryl methyl sites for hydroxylation is 1. The second-order valence-electron chi connectivity index (χ2n) is 2.14. The first-order valence-electron chi connectivity index (χ1n) is 3.10. The summed E-state index contributed by atoms with van der Waals surface area (Å²) in [7, 11) is 1.74. The van der Waals surface area contributed by atoms with E-state index in [2.05, 4.69) is 5.10 Å². The Hall–Kier alpha value is -1.03. The number of H-pyrrole nitrogens is 1. The predicted molar refractivity (Wildman–Crippen MR) is 36.8 cm³/mol. The van der Waals surface area contributed by atoms with Gasteiger partial charge < -0.3 is 5.11 Å². The summed E-state index contributed by atoms with van der Waals surface area (Å²) in [5.41, 5.74) is 0.707. The summed E-state index contributed by atoms with van der Waals surface area (Å²) in [4.78, 5) is 10.6. The third kappa shape index (κ3) is 1.27. The molecule has 0 fully saturated rings. The number of hydrogen-bond acceptors (Lipinski definition) is 2. The number of aromatic nitrogens is 2. The highest BCUT2D eigenvalue weighted by atomic mass is 16.3. The third-order valence-electron chi connectivity index (χ3n) is 1.37. The van der Waals surface area contributed by atoms with E-state index in [1.54, 1.807) is 11.7 Å². The van der Waals surface area contributed by atoms with E-state index >= 15 is 0 Å². The van der Waals surface area contributed by atoms with E-state index in [1.165, 1.54) is 6.07 Å². The molecule has 1 aromatic rings. The van der Waals surface area contributed by atoms with Crippen LogP contribution in [0.3, 0.4) is 0 Å². The van der Waals surface area contributed by atoms with Gasteiger partial charge in [0.15, 0.2) is 0 Å². The lowest BCUT2D eigenvalue weighted by Crippen LogP contribution is -2.02. The lowest BCUT2D eigenvalue weighted by molar-refractivity contribution is 0.296. The number of aliphatic hydroxyl groups excluding tert-OH is 1. The van der Waals surface area contributed by atoms with Crippen molar-refractivity contribution in [1.29, 1.82) is 0 Å². The van der Waals surface area contributed by atoms with Crippen LogP contribution in [-0.4, -0.2) is 21.5 Å². The van der Waals surface area contributed by atoms with Gasteiger partial charge in [-0.1, -0.05) is 0 Å². The minimum absolute atomic E-state index is 0.0745. The van der Waals surface area contributed by atoms with Gasteiger partial charge in [0.2, 0.25) is 0 Å². The summed E-state index contributed by atoms with van der Waals surface area (Å²) in [5, 5.41) is 11.1. The smallest absolute Gasteiger partial charge is 0.264 e. The standard InChI is InChI=1S/C6H10N2O2/c1-8-5(2-3-9)4-6(10)7-8/h4,9H,2-3H2,1H3,(H,7,10). The number of hydrogen-bond donors (Lipinski definition) is 2. The van der Waals surface area contributed by atoms with E-state index < -0.39 is 0 Å². The fourth-order valence-corrected chi connectivity index (χ4v) is 0.872. The van der Waals surface area contributed by atoms with Crippen LogP contribution in [0, 0.1) is 0 Å². The quantitative estimate of drug-likeness (QED) is 0.570. The van der Waals surface area contributed by atoms with E-state index in [9.17, 15) is 4.79 Å². The van der Waals surface area contributed by atoms with Crippen molar-refractivity contribution in [3.05, 3.63) is 22.1 Å². The minimum atomic E-state index is -0.119. The molecule has 0 aliphatic heterocycles. The maximum atomic E-state index is 10.6. The normalized spacial score (nSPS) is 10.2. The molecule has 0 unspecified atom stereocenters. The lowest BCUT2D eigenvalue weighted by Gasteiger charge is -1.96. The zero-order chi connectivity index (χ0) is 7.56. The molecule has 4 heteroatoms. The third-order valence-corrected chi connectivity index (χ3v) is 1.37. The topological polar surface area (TPSA) is 58.0 Å². The number of nitrogens with zero attached hydrogens (tertiary/aromatic N) is 1. The summed E-state index contributed by atoms with van der Waals surface area (Å²) in [5.74, 6) is 0. The monoisotopic (exact) mass is 142 g/mol. The molecule has 0 radical (unpaired) electrons. The Morgan fingerprint density at radius 3 is 2.90 bits per heavy atom. The molecule has 0 saturated carbocycles. The average molecular weight is 142 g/mol. The van der Waals surface area contributed by atoms with Gasteiger partial charge in [-0.05, 0) is 0 Å². The van der Waals surface area contributed by atoms with Crippen LogP contribution in [0.25, 0.3) is 0 Å². The highest BCUT2D eigenvalue weighted by molar-refractivity contribution is 5.00. The zero-order valence-electron chi connectivity index (χ0n) is 5.79. The van der Waals surface area contributed by atoms with E-state index in [0.717, 1.165) is 5.69 Å². The van der Waals surface area contributed by atoms with Crippen LogP contribution in [-0.2, 0) is 13.5 Å². The van der Waals surface area contributed by atoms with E-state index in [1.807, 2.05) is 0 Å². The molecule has 0 spiro atoms. The summed E-state index contributed by atoms with van der Waals surface area (Å²) < 4.78 is 1.61. The molecule has 2 N–H and O–H groups in total. The Morgan fingerprint density at radius 1 is 1.80 bits per heavy atom. The molecule has 0 saturated heterocycles. The van der Waals surface area contributed by atoms with Crippen molar-refractivity contribution in [2.45, 2.75) is 6.42 Å². The minimum Gasteiger partial charge on any atom is -0.396 e. The Labute approximate surface area is 58.1 Å². The van der Waals surface area contributed by atoms with Gasteiger partial charge in [0.1, 0.15) is 0 Å². The number of rotatable bonds is 2. The molecule has 56 valence electrons. The average Bonchev–Trinajstić information content (AvgIpc) is 2.13. The Balaban J connectivity index is 2.92. The summed E-state index contributed by atoms with van der Waals surface area (Å²) in [6.07, 6.45) is 0.523. The van der Waals surface area contributed by atoms with Crippen molar-refractivity contribution in [2.24, 2.45) is 7.05 Å². The van der Waals surface area contributed by atoms with Crippen molar-refractivity contribution >= 4 is 0 Å². The second-order valence-corrected chi connectivity index (χ2v) is 2.14. The van der Waals surface area contributed by atoms with Gasteiger partial charge in [-0.25, -0.2) is 0 Å². The first-order valence-corrected chi connectivity index (χ1v) is 3.10. The van der Waals surface area contributed by atoms with Crippen molar-refractivity contribution < 1.29 is 5.11 Å². The van der Waals surface area contributed by atoms with Crippen LogP contribution in [0.2, 0.25) is 0 Å². The van der Waals surface area contributed by atoms with Gasteiger partial charge >= 0.3 is 0 Å². The molecule has 1 heterocycles. The van der Waals surface area contributed by atoms with Crippen LogP contribution in [0.1, 0.15) is 5.69 Å². The van der Waals surface area contributed by atoms with Crippen LogP contribution in [0.5, 0.6) is 0 Å². The fourth-order valence-electron chi connectivity index (χ4n) is 0.872. The van der Waals surface area contributed by atoms with Gasteiger partial charge in [0.05, 0.1) is 0 Å². The van der Waals surface area contributed by atoms with Gasteiger partial charge in [-0.3, -0.25) is 14.6 Å². The van der Waals surface area contributed by atoms with Gasteiger partial charge in [-0.2, -0.15) is 0 Å². The predicted octanol–water partition coefficient (Wildman–Crippen LogP) is -0.752. The highest BCUT2D eigenvalue weighted by Crippen LogP contribution is 1.91. The molecule has 10 heavy (non-hydrogen) atoms. The van der Waals surface area contributed by atoms with Crippen LogP contribution < -0.4 is 5.56 Å². The molecule has 0 aliphatic rings. The fraction of sp³-hybridized carbons (Fsp3) is 0.500. The molecule has 0 atom stereocenters. The Morgan fingerprint density at radius 2 is 2.50 bits per heavy atom. The molecule has 0 aromatic carbocycles. The van der Waals surface area contributed by atoms with Crippen molar-refractivity contribution in [1.82, 2.24) is 9.78 Å². The maximum Gasteiger partial charge on any atom is 0.264 e. The molecule has 0 amide bonds. The number of nitrogens with one attached hydrogen (secondary N) is 1. The summed E-state index contributed by atoms with van der Waals surface area (Å²) in [6.45, 7) is 0.0745. The van der Waals surface area contributed by atoms with Crippen LogP contribution >= 0.6 is 0 Å². The van der Waals surface area contributed by atoms with Crippen molar-refractivity contribution in [3.8, 4) is 0 Å². The molecular formula is C6H10N2O2. The van der Waals surface area contributed by atoms with Gasteiger partial charge in [0, 0.05) is 31.8 Å². The summed E-state index contributed by atoms with van der Waals surface area (Å²) in [6, 6.07) is 1.48. The molecular weight excluding hydrogens is 132 g/mol. The molecule has 0 aliphatic carbocycles. The molecule has 0 bridgehead atoms. The number of aliphatic hydroxyl groups is 1. The van der Waals surface area contributed by atoms with Crippen LogP contribution in [0.15, 0.2) is 10.9 Å². The lowest BCUT2D eigenvalue weighted by atomic mass is 10.3. The van der Waals surface area contributed by atoms with Crippen molar-refractivity contribution in [3.63, 3.8) is 0 Å². The second kappa shape index (κ2) is 2.70. The van der Waals surface area contributed by atoms with E-state index in [4.69, 9.17) is 5.11 Å².